The Morgan fingerprint density at radius 2 is 1.48 bits per heavy atom. The van der Waals surface area contributed by atoms with Crippen LogP contribution in [0.5, 0.6) is 0 Å². The third-order valence-electron chi connectivity index (χ3n) is 5.80. The molecule has 3 nitrogen and oxygen atoms in total. The Kier molecular flexibility index (Phi) is 5.72. The van der Waals surface area contributed by atoms with Crippen molar-refractivity contribution in [2.75, 3.05) is 13.1 Å². The topological polar surface area (TPSA) is 41.1 Å². The van der Waals surface area contributed by atoms with E-state index in [2.05, 4.69) is 47.0 Å². The van der Waals surface area contributed by atoms with Crippen molar-refractivity contribution < 1.29 is 9.18 Å². The molecule has 1 heterocycles. The number of rotatable bonds is 5. The van der Waals surface area contributed by atoms with Crippen LogP contribution in [0.25, 0.3) is 11.1 Å². The van der Waals surface area contributed by atoms with Gasteiger partial charge in [-0.2, -0.15) is 0 Å². The molecule has 0 spiro atoms. The highest BCUT2D eigenvalue weighted by atomic mass is 19.1. The predicted molar refractivity (Wildman–Crippen MR) is 114 cm³/mol. The van der Waals surface area contributed by atoms with Crippen LogP contribution in [0.15, 0.2) is 78.9 Å². The van der Waals surface area contributed by atoms with Crippen LogP contribution in [0.3, 0.4) is 0 Å². The Morgan fingerprint density at radius 1 is 0.862 bits per heavy atom. The number of hydrogen-bond donors (Lipinski definition) is 2. The molecule has 1 aliphatic rings. The maximum absolute atomic E-state index is 13.4. The van der Waals surface area contributed by atoms with Gasteiger partial charge in [0.25, 0.3) is 0 Å². The summed E-state index contributed by atoms with van der Waals surface area (Å²) in [7, 11) is 0. The second kappa shape index (κ2) is 8.58. The van der Waals surface area contributed by atoms with Gasteiger partial charge in [0.05, 0.1) is 5.41 Å². The van der Waals surface area contributed by atoms with Crippen LogP contribution in [0.1, 0.15) is 24.0 Å². The van der Waals surface area contributed by atoms with Gasteiger partial charge in [-0.3, -0.25) is 4.79 Å². The van der Waals surface area contributed by atoms with Crippen LogP contribution in [0.4, 0.5) is 4.39 Å². The van der Waals surface area contributed by atoms with Gasteiger partial charge in [-0.25, -0.2) is 4.39 Å². The van der Waals surface area contributed by atoms with Gasteiger partial charge in [0.1, 0.15) is 5.82 Å². The van der Waals surface area contributed by atoms with Gasteiger partial charge in [-0.05, 0) is 60.3 Å². The Bertz CT molecular complexity index is 946. The maximum atomic E-state index is 13.4. The van der Waals surface area contributed by atoms with Gasteiger partial charge >= 0.3 is 0 Å². The molecule has 3 aromatic carbocycles. The first-order valence-corrected chi connectivity index (χ1v) is 10.1. The summed E-state index contributed by atoms with van der Waals surface area (Å²) in [6.07, 6.45) is 1.41. The van der Waals surface area contributed by atoms with Crippen molar-refractivity contribution in [2.45, 2.75) is 24.8 Å². The molecule has 1 aliphatic heterocycles. The first-order chi connectivity index (χ1) is 14.2. The molecule has 3 aromatic rings. The molecule has 0 radical (unpaired) electrons. The zero-order chi connectivity index (χ0) is 20.1. The maximum Gasteiger partial charge on any atom is 0.231 e. The van der Waals surface area contributed by atoms with Crippen LogP contribution in [-0.2, 0) is 16.8 Å². The Hall–Kier alpha value is -2.98. The van der Waals surface area contributed by atoms with Gasteiger partial charge in [-0.1, -0.05) is 66.7 Å². The second-order valence-electron chi connectivity index (χ2n) is 7.58. The number of piperidine rings is 1. The Morgan fingerprint density at radius 3 is 2.14 bits per heavy atom. The molecule has 148 valence electrons. The minimum Gasteiger partial charge on any atom is -0.351 e. The number of carbonyl (C=O) groups excluding carboxylic acids is 1. The number of amides is 1. The van der Waals surface area contributed by atoms with Crippen molar-refractivity contribution >= 4 is 5.91 Å². The summed E-state index contributed by atoms with van der Waals surface area (Å²) in [5.41, 5.74) is 3.66. The van der Waals surface area contributed by atoms with Gasteiger partial charge in [0.15, 0.2) is 0 Å². The quantitative estimate of drug-likeness (QED) is 0.679. The lowest BCUT2D eigenvalue weighted by Crippen LogP contribution is -2.50. The molecule has 0 bridgehead atoms. The molecule has 4 heteroatoms. The number of halogens is 1. The van der Waals surface area contributed by atoms with Crippen molar-refractivity contribution in [3.63, 3.8) is 0 Å². The fourth-order valence-electron chi connectivity index (χ4n) is 4.07. The molecule has 0 atom stereocenters. The molecule has 0 unspecified atom stereocenters. The summed E-state index contributed by atoms with van der Waals surface area (Å²) in [5, 5.41) is 6.44. The summed E-state index contributed by atoms with van der Waals surface area (Å²) < 4.78 is 13.4. The zero-order valence-electron chi connectivity index (χ0n) is 16.3. The molecule has 0 aliphatic carbocycles. The van der Waals surface area contributed by atoms with E-state index in [0.29, 0.717) is 19.4 Å². The van der Waals surface area contributed by atoms with Crippen molar-refractivity contribution in [3.8, 4) is 11.1 Å². The fraction of sp³-hybridized carbons (Fsp3) is 0.240. The molecule has 2 N–H and O–H groups in total. The third kappa shape index (κ3) is 4.22. The van der Waals surface area contributed by atoms with E-state index in [1.807, 2.05) is 18.2 Å². The first-order valence-electron chi connectivity index (χ1n) is 10.1. The van der Waals surface area contributed by atoms with Crippen LogP contribution < -0.4 is 10.6 Å². The van der Waals surface area contributed by atoms with Gasteiger partial charge in [0, 0.05) is 6.54 Å². The lowest BCUT2D eigenvalue weighted by molar-refractivity contribution is -0.128. The summed E-state index contributed by atoms with van der Waals surface area (Å²) in [5.74, 6) is -0.269. The SMILES string of the molecule is O=C(NCc1ccc(-c2ccccc2)cc1)C1(c2ccc(F)cc2)CCNCC1. The number of benzene rings is 3. The molecule has 1 amide bonds. The lowest BCUT2D eigenvalue weighted by atomic mass is 9.72. The average molecular weight is 388 g/mol. The largest absolute Gasteiger partial charge is 0.351 e. The first kappa shape index (κ1) is 19.3. The standard InChI is InChI=1S/C25H25FN2O/c26-23-12-10-22(11-13-23)25(14-16-27-17-15-25)24(29)28-18-19-6-8-21(9-7-19)20-4-2-1-3-5-20/h1-13,27H,14-18H2,(H,28,29). The summed E-state index contributed by atoms with van der Waals surface area (Å²) >= 11 is 0. The molecular weight excluding hydrogens is 363 g/mol. The van der Waals surface area contributed by atoms with E-state index in [9.17, 15) is 9.18 Å². The van der Waals surface area contributed by atoms with Gasteiger partial charge in [-0.15, -0.1) is 0 Å². The molecule has 0 saturated carbocycles. The monoisotopic (exact) mass is 388 g/mol. The third-order valence-corrected chi connectivity index (χ3v) is 5.80. The van der Waals surface area contributed by atoms with E-state index in [0.717, 1.165) is 29.8 Å². The van der Waals surface area contributed by atoms with Gasteiger partial charge in [0.2, 0.25) is 5.91 Å². The van der Waals surface area contributed by atoms with E-state index >= 15 is 0 Å². The Labute approximate surface area is 171 Å². The van der Waals surface area contributed by atoms with E-state index in [-0.39, 0.29) is 11.7 Å². The smallest absolute Gasteiger partial charge is 0.231 e. The fourth-order valence-corrected chi connectivity index (χ4v) is 4.07. The number of hydrogen-bond acceptors (Lipinski definition) is 2. The highest BCUT2D eigenvalue weighted by molar-refractivity contribution is 5.88. The summed E-state index contributed by atoms with van der Waals surface area (Å²) in [6, 6.07) is 24.9. The summed E-state index contributed by atoms with van der Waals surface area (Å²) in [6.45, 7) is 2.03. The summed E-state index contributed by atoms with van der Waals surface area (Å²) in [4.78, 5) is 13.2. The van der Waals surface area contributed by atoms with Gasteiger partial charge < -0.3 is 10.6 Å². The van der Waals surface area contributed by atoms with Crippen LogP contribution in [-0.4, -0.2) is 19.0 Å². The normalized spacial score (nSPS) is 15.6. The molecule has 29 heavy (non-hydrogen) atoms. The van der Waals surface area contributed by atoms with Crippen molar-refractivity contribution in [3.05, 3.63) is 95.8 Å². The molecule has 0 aromatic heterocycles. The van der Waals surface area contributed by atoms with Crippen molar-refractivity contribution in [1.29, 1.82) is 0 Å². The zero-order valence-corrected chi connectivity index (χ0v) is 16.3. The molecule has 1 fully saturated rings. The molecular formula is C25H25FN2O. The number of nitrogens with one attached hydrogen (secondary N) is 2. The van der Waals surface area contributed by atoms with Crippen LogP contribution in [0.2, 0.25) is 0 Å². The predicted octanol–water partition coefficient (Wildman–Crippen LogP) is 4.43. The van der Waals surface area contributed by atoms with Crippen LogP contribution in [0, 0.1) is 5.82 Å². The van der Waals surface area contributed by atoms with Crippen molar-refractivity contribution in [1.82, 2.24) is 10.6 Å². The minimum absolute atomic E-state index is 0.0118. The Balaban J connectivity index is 1.47. The lowest BCUT2D eigenvalue weighted by Gasteiger charge is -2.36. The number of carbonyl (C=O) groups is 1. The highest BCUT2D eigenvalue weighted by Crippen LogP contribution is 2.34. The van der Waals surface area contributed by atoms with Crippen LogP contribution >= 0.6 is 0 Å². The molecule has 4 rings (SSSR count). The average Bonchev–Trinajstić information content (AvgIpc) is 2.79. The van der Waals surface area contributed by atoms with Crippen molar-refractivity contribution in [2.24, 2.45) is 0 Å². The van der Waals surface area contributed by atoms with E-state index < -0.39 is 5.41 Å². The molecule has 1 saturated heterocycles. The highest BCUT2D eigenvalue weighted by Gasteiger charge is 2.40. The van der Waals surface area contributed by atoms with E-state index in [1.54, 1.807) is 12.1 Å². The van der Waals surface area contributed by atoms with E-state index in [4.69, 9.17) is 0 Å². The second-order valence-corrected chi connectivity index (χ2v) is 7.58. The minimum atomic E-state index is -0.608. The van der Waals surface area contributed by atoms with E-state index in [1.165, 1.54) is 17.7 Å².